The number of nitrogens with one attached hydrogen (secondary N) is 1. The molecular weight excluding hydrogens is 374 g/mol. The summed E-state index contributed by atoms with van der Waals surface area (Å²) in [4.78, 5) is 37.9. The number of rotatable bonds is 2. The topological polar surface area (TPSA) is 80.1 Å². The first kappa shape index (κ1) is 17.1. The number of anilines is 1. The SMILES string of the molecule is Cc1ncsc1C(=O)N1CC[C@]2(C(=O)Nc3ccccc32)[C@@H]1c1nccn1C. The molecule has 1 fully saturated rings. The molecule has 8 heteroatoms. The molecule has 2 aromatic heterocycles. The lowest BCUT2D eigenvalue weighted by molar-refractivity contribution is -0.121. The molecule has 0 unspecified atom stereocenters. The largest absolute Gasteiger partial charge is 0.336 e. The van der Waals surface area contributed by atoms with Gasteiger partial charge in [-0.3, -0.25) is 9.59 Å². The molecule has 2 amide bonds. The highest BCUT2D eigenvalue weighted by atomic mass is 32.1. The molecule has 142 valence electrons. The number of aryl methyl sites for hydroxylation is 2. The molecule has 28 heavy (non-hydrogen) atoms. The number of imidazole rings is 1. The molecule has 0 aliphatic carbocycles. The maximum atomic E-state index is 13.4. The zero-order chi connectivity index (χ0) is 19.5. The van der Waals surface area contributed by atoms with Crippen molar-refractivity contribution >= 4 is 28.8 Å². The van der Waals surface area contributed by atoms with Crippen LogP contribution >= 0.6 is 11.3 Å². The predicted molar refractivity (Wildman–Crippen MR) is 105 cm³/mol. The molecule has 2 aliphatic rings. The van der Waals surface area contributed by atoms with Crippen molar-refractivity contribution in [3.05, 3.63) is 64.1 Å². The minimum absolute atomic E-state index is 0.0713. The number of likely N-dealkylation sites (tertiary alicyclic amines) is 1. The minimum Gasteiger partial charge on any atom is -0.336 e. The second-order valence-corrected chi connectivity index (χ2v) is 8.14. The van der Waals surface area contributed by atoms with Crippen molar-refractivity contribution in [2.75, 3.05) is 11.9 Å². The molecule has 1 aromatic carbocycles. The van der Waals surface area contributed by atoms with Crippen LogP contribution in [0.4, 0.5) is 5.69 Å². The van der Waals surface area contributed by atoms with E-state index in [-0.39, 0.29) is 11.8 Å². The first-order valence-electron chi connectivity index (χ1n) is 9.13. The number of hydrogen-bond donors (Lipinski definition) is 1. The molecule has 4 heterocycles. The molecule has 0 bridgehead atoms. The van der Waals surface area contributed by atoms with Gasteiger partial charge in [-0.2, -0.15) is 0 Å². The van der Waals surface area contributed by atoms with Gasteiger partial charge in [-0.25, -0.2) is 9.97 Å². The molecule has 1 spiro atoms. The van der Waals surface area contributed by atoms with Crippen LogP contribution in [0.15, 0.2) is 42.2 Å². The summed E-state index contributed by atoms with van der Waals surface area (Å²) in [6, 6.07) is 7.26. The number of carbonyl (C=O) groups excluding carboxylic acids is 2. The number of thiazole rings is 1. The quantitative estimate of drug-likeness (QED) is 0.726. The number of amides is 2. The summed E-state index contributed by atoms with van der Waals surface area (Å²) in [7, 11) is 1.90. The van der Waals surface area contributed by atoms with Gasteiger partial charge in [0, 0.05) is 31.7 Å². The van der Waals surface area contributed by atoms with Crippen LogP contribution in [0.1, 0.15) is 39.2 Å². The smallest absolute Gasteiger partial charge is 0.266 e. The first-order chi connectivity index (χ1) is 13.5. The van der Waals surface area contributed by atoms with Crippen LogP contribution < -0.4 is 5.32 Å². The standard InChI is InChI=1S/C20H19N5O2S/c1-12-15(28-11-22-12)18(26)25-9-7-20(16(25)17-21-8-10-24(17)2)13-5-3-4-6-14(13)23-19(20)27/h3-6,8,10-11,16H,7,9H2,1-2H3,(H,23,27)/t16-,20+/m0/s1. The van der Waals surface area contributed by atoms with E-state index in [1.54, 1.807) is 16.6 Å². The molecule has 3 aromatic rings. The summed E-state index contributed by atoms with van der Waals surface area (Å²) < 4.78 is 1.89. The zero-order valence-corrected chi connectivity index (χ0v) is 16.4. The normalized spacial score (nSPS) is 23.3. The fourth-order valence-corrected chi connectivity index (χ4v) is 5.30. The van der Waals surface area contributed by atoms with E-state index in [0.29, 0.717) is 29.4 Å². The highest BCUT2D eigenvalue weighted by Gasteiger charge is 2.60. The molecule has 7 nitrogen and oxygen atoms in total. The lowest BCUT2D eigenvalue weighted by Crippen LogP contribution is -2.43. The van der Waals surface area contributed by atoms with Gasteiger partial charge < -0.3 is 14.8 Å². The van der Waals surface area contributed by atoms with Gasteiger partial charge >= 0.3 is 0 Å². The number of carbonyl (C=O) groups is 2. The van der Waals surface area contributed by atoms with Crippen LogP contribution in [-0.4, -0.2) is 37.8 Å². The van der Waals surface area contributed by atoms with E-state index in [1.807, 2.05) is 49.0 Å². The van der Waals surface area contributed by atoms with E-state index in [4.69, 9.17) is 0 Å². The van der Waals surface area contributed by atoms with Crippen LogP contribution in [-0.2, 0) is 17.3 Å². The van der Waals surface area contributed by atoms with Gasteiger partial charge in [0.2, 0.25) is 5.91 Å². The zero-order valence-electron chi connectivity index (χ0n) is 15.5. The van der Waals surface area contributed by atoms with Gasteiger partial charge in [0.05, 0.1) is 11.2 Å². The highest BCUT2D eigenvalue weighted by molar-refractivity contribution is 7.11. The summed E-state index contributed by atoms with van der Waals surface area (Å²) in [5.74, 6) is 0.542. The van der Waals surface area contributed by atoms with Crippen LogP contribution in [0.25, 0.3) is 0 Å². The van der Waals surface area contributed by atoms with Crippen LogP contribution in [0.5, 0.6) is 0 Å². The van der Waals surface area contributed by atoms with Crippen LogP contribution in [0.2, 0.25) is 0 Å². The van der Waals surface area contributed by atoms with E-state index in [2.05, 4.69) is 15.3 Å². The maximum absolute atomic E-state index is 13.4. The third kappa shape index (κ3) is 2.15. The monoisotopic (exact) mass is 393 g/mol. The summed E-state index contributed by atoms with van der Waals surface area (Å²) in [5, 5.41) is 3.02. The maximum Gasteiger partial charge on any atom is 0.266 e. The van der Waals surface area contributed by atoms with E-state index in [9.17, 15) is 9.59 Å². The van der Waals surface area contributed by atoms with E-state index in [1.165, 1.54) is 11.3 Å². The molecule has 5 rings (SSSR count). The Bertz CT molecular complexity index is 1100. The predicted octanol–water partition coefficient (Wildman–Crippen LogP) is 2.66. The van der Waals surface area contributed by atoms with Gasteiger partial charge in [0.25, 0.3) is 5.91 Å². The number of para-hydroxylation sites is 1. The van der Waals surface area contributed by atoms with Gasteiger partial charge in [-0.1, -0.05) is 18.2 Å². The lowest BCUT2D eigenvalue weighted by atomic mass is 9.74. The second-order valence-electron chi connectivity index (χ2n) is 7.29. The number of aromatic nitrogens is 3. The average molecular weight is 393 g/mol. The third-order valence-electron chi connectivity index (χ3n) is 5.89. The van der Waals surface area contributed by atoms with Crippen molar-refractivity contribution < 1.29 is 9.59 Å². The van der Waals surface area contributed by atoms with Crippen molar-refractivity contribution in [3.8, 4) is 0 Å². The van der Waals surface area contributed by atoms with Gasteiger partial charge in [-0.05, 0) is 25.0 Å². The minimum atomic E-state index is -0.843. The molecular formula is C20H19N5O2S. The van der Waals surface area contributed by atoms with Crippen molar-refractivity contribution in [3.63, 3.8) is 0 Å². The van der Waals surface area contributed by atoms with Crippen LogP contribution in [0, 0.1) is 6.92 Å². The third-order valence-corrected chi connectivity index (χ3v) is 6.81. The van der Waals surface area contributed by atoms with Crippen molar-refractivity contribution in [2.45, 2.75) is 24.8 Å². The fourth-order valence-electron chi connectivity index (χ4n) is 4.54. The first-order valence-corrected chi connectivity index (χ1v) is 10.0. The Hall–Kier alpha value is -3.00. The van der Waals surface area contributed by atoms with E-state index >= 15 is 0 Å². The molecule has 0 radical (unpaired) electrons. The molecule has 2 aliphatic heterocycles. The van der Waals surface area contributed by atoms with Crippen LogP contribution in [0.3, 0.4) is 0 Å². The summed E-state index contributed by atoms with van der Waals surface area (Å²) >= 11 is 1.34. The van der Waals surface area contributed by atoms with Gasteiger partial charge in [-0.15, -0.1) is 11.3 Å². The van der Waals surface area contributed by atoms with Crippen molar-refractivity contribution in [1.29, 1.82) is 0 Å². The number of fused-ring (bicyclic) bond motifs is 2. The number of nitrogens with zero attached hydrogens (tertiary/aromatic N) is 4. The van der Waals surface area contributed by atoms with Crippen molar-refractivity contribution in [2.24, 2.45) is 7.05 Å². The fraction of sp³-hybridized carbons (Fsp3) is 0.300. The second kappa shape index (κ2) is 6.00. The molecule has 1 N–H and O–H groups in total. The van der Waals surface area contributed by atoms with Gasteiger partial charge in [0.1, 0.15) is 22.2 Å². The van der Waals surface area contributed by atoms with E-state index in [0.717, 1.165) is 11.3 Å². The Labute approximate surface area is 166 Å². The highest BCUT2D eigenvalue weighted by Crippen LogP contribution is 2.54. The summed E-state index contributed by atoms with van der Waals surface area (Å²) in [5.41, 5.74) is 3.30. The number of hydrogen-bond acceptors (Lipinski definition) is 5. The Morgan fingerprint density at radius 2 is 2.14 bits per heavy atom. The number of benzene rings is 1. The van der Waals surface area contributed by atoms with E-state index < -0.39 is 11.5 Å². The Kier molecular flexibility index (Phi) is 3.67. The molecule has 1 saturated heterocycles. The van der Waals surface area contributed by atoms with Gasteiger partial charge in [0.15, 0.2) is 0 Å². The Morgan fingerprint density at radius 3 is 2.86 bits per heavy atom. The Morgan fingerprint density at radius 1 is 1.32 bits per heavy atom. The lowest BCUT2D eigenvalue weighted by Gasteiger charge is -2.33. The summed E-state index contributed by atoms with van der Waals surface area (Å²) in [6.45, 7) is 2.32. The average Bonchev–Trinajstić information content (AvgIpc) is 3.43. The molecule has 2 atom stereocenters. The molecule has 0 saturated carbocycles. The summed E-state index contributed by atoms with van der Waals surface area (Å²) in [6.07, 6.45) is 4.11. The Balaban J connectivity index is 1.70. The van der Waals surface area contributed by atoms with Crippen molar-refractivity contribution in [1.82, 2.24) is 19.4 Å².